The van der Waals surface area contributed by atoms with E-state index < -0.39 is 0 Å². The molecule has 16 heavy (non-hydrogen) atoms. The Bertz CT molecular complexity index is 310. The van der Waals surface area contributed by atoms with Crippen molar-refractivity contribution in [1.29, 1.82) is 0 Å². The van der Waals surface area contributed by atoms with Crippen LogP contribution in [0.5, 0.6) is 0 Å². The summed E-state index contributed by atoms with van der Waals surface area (Å²) in [5, 5.41) is 0. The van der Waals surface area contributed by atoms with Crippen LogP contribution in [0.3, 0.4) is 0 Å². The summed E-state index contributed by atoms with van der Waals surface area (Å²) in [6, 6.07) is 0. The second-order valence-corrected chi connectivity index (χ2v) is 5.60. The number of carbonyl (C=O) groups excluding carboxylic acids is 2. The second-order valence-electron chi connectivity index (χ2n) is 5.29. The summed E-state index contributed by atoms with van der Waals surface area (Å²) >= 11 is 4.41. The molecule has 0 radical (unpaired) electrons. The van der Waals surface area contributed by atoms with E-state index in [2.05, 4.69) is 12.6 Å². The summed E-state index contributed by atoms with van der Waals surface area (Å²) in [4.78, 5) is 25.0. The fourth-order valence-corrected chi connectivity index (χ4v) is 3.26. The number of nitrogens with zero attached hydrogens (tertiary/aromatic N) is 1. The zero-order valence-corrected chi connectivity index (χ0v) is 10.6. The Morgan fingerprint density at radius 1 is 1.38 bits per heavy atom. The smallest absolute Gasteiger partial charge is 0.232 e. The molecule has 0 aromatic heterocycles. The van der Waals surface area contributed by atoms with Gasteiger partial charge in [0, 0.05) is 18.9 Å². The Morgan fingerprint density at radius 2 is 2.00 bits per heavy atom. The molecule has 1 heterocycles. The van der Waals surface area contributed by atoms with Crippen molar-refractivity contribution >= 4 is 24.4 Å². The molecule has 0 bridgehead atoms. The van der Waals surface area contributed by atoms with Crippen molar-refractivity contribution in [3.63, 3.8) is 0 Å². The molecule has 3 nitrogen and oxygen atoms in total. The number of hydrogen-bond acceptors (Lipinski definition) is 3. The fraction of sp³-hybridized carbons (Fsp3) is 0.833. The molecule has 1 aliphatic carbocycles. The van der Waals surface area contributed by atoms with Gasteiger partial charge in [0.1, 0.15) is 0 Å². The van der Waals surface area contributed by atoms with Gasteiger partial charge in [-0.25, -0.2) is 0 Å². The summed E-state index contributed by atoms with van der Waals surface area (Å²) in [6.07, 6.45) is 4.99. The van der Waals surface area contributed by atoms with Crippen LogP contribution in [0.2, 0.25) is 0 Å². The van der Waals surface area contributed by atoms with Crippen molar-refractivity contribution < 1.29 is 9.59 Å². The average molecular weight is 241 g/mol. The Labute approximate surface area is 102 Å². The first-order valence-corrected chi connectivity index (χ1v) is 6.66. The third-order valence-electron chi connectivity index (χ3n) is 3.96. The molecular weight excluding hydrogens is 222 g/mol. The molecule has 1 saturated heterocycles. The SMILES string of the molecule is CC1CC(=O)N(CC2(CS)CCCC2)C1=O. The van der Waals surface area contributed by atoms with Crippen LogP contribution in [-0.4, -0.2) is 29.0 Å². The van der Waals surface area contributed by atoms with Crippen LogP contribution in [0.1, 0.15) is 39.0 Å². The standard InChI is InChI=1S/C12H19NO2S/c1-9-6-10(14)13(11(9)15)7-12(8-16)4-2-3-5-12/h9,16H,2-8H2,1H3. The highest BCUT2D eigenvalue weighted by Crippen LogP contribution is 2.40. The van der Waals surface area contributed by atoms with Gasteiger partial charge >= 0.3 is 0 Å². The molecule has 2 amide bonds. The quantitative estimate of drug-likeness (QED) is 0.605. The van der Waals surface area contributed by atoms with Gasteiger partial charge in [-0.1, -0.05) is 19.8 Å². The van der Waals surface area contributed by atoms with Crippen LogP contribution in [0, 0.1) is 11.3 Å². The maximum Gasteiger partial charge on any atom is 0.232 e. The van der Waals surface area contributed by atoms with Gasteiger partial charge in [-0.2, -0.15) is 12.6 Å². The molecule has 0 spiro atoms. The molecule has 1 aliphatic heterocycles. The number of amides is 2. The minimum Gasteiger partial charge on any atom is -0.282 e. The number of likely N-dealkylation sites (tertiary alicyclic amines) is 1. The minimum absolute atomic E-state index is 0.00515. The molecule has 2 rings (SSSR count). The van der Waals surface area contributed by atoms with Crippen molar-refractivity contribution in [2.24, 2.45) is 11.3 Å². The number of carbonyl (C=O) groups is 2. The Kier molecular flexibility index (Phi) is 3.29. The maximum absolute atomic E-state index is 11.8. The summed E-state index contributed by atoms with van der Waals surface area (Å²) in [6.45, 7) is 2.43. The topological polar surface area (TPSA) is 37.4 Å². The molecule has 1 atom stereocenters. The lowest BCUT2D eigenvalue weighted by Crippen LogP contribution is -2.41. The Morgan fingerprint density at radius 3 is 2.44 bits per heavy atom. The zero-order valence-electron chi connectivity index (χ0n) is 9.74. The van der Waals surface area contributed by atoms with E-state index in [4.69, 9.17) is 0 Å². The zero-order chi connectivity index (χ0) is 11.8. The number of imide groups is 1. The molecular formula is C12H19NO2S. The van der Waals surface area contributed by atoms with Crippen molar-refractivity contribution in [2.45, 2.75) is 39.0 Å². The number of rotatable bonds is 3. The van der Waals surface area contributed by atoms with Gasteiger partial charge in [0.2, 0.25) is 11.8 Å². The molecule has 4 heteroatoms. The van der Waals surface area contributed by atoms with E-state index in [1.54, 1.807) is 0 Å². The maximum atomic E-state index is 11.8. The predicted octanol–water partition coefficient (Wildman–Crippen LogP) is 1.87. The van der Waals surface area contributed by atoms with E-state index >= 15 is 0 Å². The Balaban J connectivity index is 2.08. The van der Waals surface area contributed by atoms with E-state index in [1.165, 1.54) is 17.7 Å². The molecule has 0 aromatic carbocycles. The van der Waals surface area contributed by atoms with E-state index in [1.807, 2.05) is 6.92 Å². The molecule has 1 saturated carbocycles. The van der Waals surface area contributed by atoms with E-state index in [0.717, 1.165) is 18.6 Å². The monoisotopic (exact) mass is 241 g/mol. The lowest BCUT2D eigenvalue weighted by atomic mass is 9.88. The molecule has 0 aromatic rings. The third-order valence-corrected chi connectivity index (χ3v) is 4.63. The second kappa shape index (κ2) is 4.40. The first-order valence-electron chi connectivity index (χ1n) is 6.03. The van der Waals surface area contributed by atoms with E-state index in [0.29, 0.717) is 13.0 Å². The number of hydrogen-bond donors (Lipinski definition) is 1. The third kappa shape index (κ3) is 1.99. The highest BCUT2D eigenvalue weighted by molar-refractivity contribution is 7.80. The largest absolute Gasteiger partial charge is 0.282 e. The molecule has 0 N–H and O–H groups in total. The van der Waals surface area contributed by atoms with Gasteiger partial charge in [-0.15, -0.1) is 0 Å². The van der Waals surface area contributed by atoms with Crippen molar-refractivity contribution in [3.8, 4) is 0 Å². The molecule has 2 aliphatic rings. The summed E-state index contributed by atoms with van der Waals surface area (Å²) in [5.41, 5.74) is 0.0957. The molecule has 1 unspecified atom stereocenters. The van der Waals surface area contributed by atoms with Crippen molar-refractivity contribution in [3.05, 3.63) is 0 Å². The average Bonchev–Trinajstić information content (AvgIpc) is 2.81. The highest BCUT2D eigenvalue weighted by Gasteiger charge is 2.42. The predicted molar refractivity (Wildman–Crippen MR) is 65.3 cm³/mol. The first-order chi connectivity index (χ1) is 7.58. The van der Waals surface area contributed by atoms with Crippen molar-refractivity contribution in [1.82, 2.24) is 4.90 Å². The van der Waals surface area contributed by atoms with E-state index in [-0.39, 0.29) is 23.1 Å². The first kappa shape index (κ1) is 12.0. The normalized spacial score (nSPS) is 29.1. The summed E-state index contributed by atoms with van der Waals surface area (Å²) in [5.74, 6) is 0.674. The van der Waals surface area contributed by atoms with Crippen LogP contribution in [0.25, 0.3) is 0 Å². The Hall–Kier alpha value is -0.510. The van der Waals surface area contributed by atoms with Crippen molar-refractivity contribution in [2.75, 3.05) is 12.3 Å². The minimum atomic E-state index is -0.120. The van der Waals surface area contributed by atoms with Crippen LogP contribution in [0.4, 0.5) is 0 Å². The fourth-order valence-electron chi connectivity index (χ4n) is 2.84. The van der Waals surface area contributed by atoms with Crippen LogP contribution in [-0.2, 0) is 9.59 Å². The summed E-state index contributed by atoms with van der Waals surface area (Å²) in [7, 11) is 0. The molecule has 2 fully saturated rings. The van der Waals surface area contributed by atoms with Crippen LogP contribution in [0.15, 0.2) is 0 Å². The van der Waals surface area contributed by atoms with E-state index in [9.17, 15) is 9.59 Å². The van der Waals surface area contributed by atoms with Gasteiger partial charge in [-0.3, -0.25) is 14.5 Å². The van der Waals surface area contributed by atoms with Gasteiger partial charge in [-0.05, 0) is 24.0 Å². The number of thiol groups is 1. The lowest BCUT2D eigenvalue weighted by molar-refractivity contribution is -0.140. The summed E-state index contributed by atoms with van der Waals surface area (Å²) < 4.78 is 0. The lowest BCUT2D eigenvalue weighted by Gasteiger charge is -2.31. The molecule has 90 valence electrons. The van der Waals surface area contributed by atoms with Crippen LogP contribution >= 0.6 is 12.6 Å². The van der Waals surface area contributed by atoms with Gasteiger partial charge in [0.15, 0.2) is 0 Å². The van der Waals surface area contributed by atoms with Gasteiger partial charge in [0.05, 0.1) is 0 Å². The van der Waals surface area contributed by atoms with Crippen LogP contribution < -0.4 is 0 Å². The van der Waals surface area contributed by atoms with Gasteiger partial charge < -0.3 is 0 Å². The highest BCUT2D eigenvalue weighted by atomic mass is 32.1. The van der Waals surface area contributed by atoms with Gasteiger partial charge in [0.25, 0.3) is 0 Å².